The third-order valence-corrected chi connectivity index (χ3v) is 5.30. The number of anilines is 1. The number of hydrogen-bond donors (Lipinski definition) is 3. The molecule has 7 heteroatoms. The van der Waals surface area contributed by atoms with Gasteiger partial charge < -0.3 is 20.2 Å². The third-order valence-electron chi connectivity index (χ3n) is 5.30. The summed E-state index contributed by atoms with van der Waals surface area (Å²) in [6.45, 7) is 0.885. The smallest absolute Gasteiger partial charge is 0.250 e. The van der Waals surface area contributed by atoms with E-state index in [1.807, 2.05) is 42.5 Å². The first-order valence-corrected chi connectivity index (χ1v) is 9.63. The summed E-state index contributed by atoms with van der Waals surface area (Å²) in [6.07, 6.45) is 2.18. The molecular formula is C22H23N3O4. The van der Waals surface area contributed by atoms with Gasteiger partial charge >= 0.3 is 0 Å². The van der Waals surface area contributed by atoms with E-state index in [1.54, 1.807) is 0 Å². The molecule has 3 N–H and O–H groups in total. The zero-order valence-corrected chi connectivity index (χ0v) is 15.8. The molecular weight excluding hydrogens is 370 g/mol. The molecule has 2 aromatic carbocycles. The van der Waals surface area contributed by atoms with Gasteiger partial charge in [0.25, 0.3) is 0 Å². The highest BCUT2D eigenvalue weighted by Crippen LogP contribution is 2.32. The zero-order valence-electron chi connectivity index (χ0n) is 15.8. The summed E-state index contributed by atoms with van der Waals surface area (Å²) in [4.78, 5) is 14.2. The quantitative estimate of drug-likeness (QED) is 0.575. The molecule has 1 saturated heterocycles. The van der Waals surface area contributed by atoms with Crippen LogP contribution in [0.2, 0.25) is 0 Å². The van der Waals surface area contributed by atoms with Crippen LogP contribution in [0.1, 0.15) is 30.4 Å². The van der Waals surface area contributed by atoms with Crippen LogP contribution in [-0.2, 0) is 6.42 Å². The number of aliphatic hydroxyl groups is 2. The van der Waals surface area contributed by atoms with Gasteiger partial charge in [0, 0.05) is 12.6 Å². The van der Waals surface area contributed by atoms with Crippen molar-refractivity contribution < 1.29 is 15.3 Å². The van der Waals surface area contributed by atoms with Gasteiger partial charge in [-0.2, -0.15) is 5.10 Å². The monoisotopic (exact) mass is 393 g/mol. The van der Waals surface area contributed by atoms with Crippen LogP contribution in [0.25, 0.3) is 5.69 Å². The third kappa shape index (κ3) is 3.87. The van der Waals surface area contributed by atoms with Crippen LogP contribution < -0.4 is 10.3 Å². The van der Waals surface area contributed by atoms with Gasteiger partial charge in [-0.15, -0.1) is 0 Å². The van der Waals surface area contributed by atoms with Crippen molar-refractivity contribution in [2.75, 3.05) is 11.4 Å². The van der Waals surface area contributed by atoms with Crippen LogP contribution >= 0.6 is 0 Å². The van der Waals surface area contributed by atoms with Crippen molar-refractivity contribution in [1.82, 2.24) is 9.78 Å². The molecule has 4 rings (SSSR count). The lowest BCUT2D eigenvalue weighted by molar-refractivity contribution is -0.0478. The molecule has 7 nitrogen and oxygen atoms in total. The highest BCUT2D eigenvalue weighted by molar-refractivity contribution is 5.64. The Hall–Kier alpha value is -3.16. The van der Waals surface area contributed by atoms with E-state index in [2.05, 4.69) is 22.1 Å². The first-order valence-electron chi connectivity index (χ1n) is 9.63. The lowest BCUT2D eigenvalue weighted by atomic mass is 10.0. The number of benzene rings is 2. The minimum absolute atomic E-state index is 0.314. The first-order chi connectivity index (χ1) is 14.0. The molecule has 0 aliphatic carbocycles. The van der Waals surface area contributed by atoms with Crippen LogP contribution in [-0.4, -0.2) is 37.7 Å². The summed E-state index contributed by atoms with van der Waals surface area (Å²) in [5.74, 6) is -0.583. The molecule has 29 heavy (non-hydrogen) atoms. The van der Waals surface area contributed by atoms with Crippen molar-refractivity contribution in [3.63, 3.8) is 0 Å². The van der Waals surface area contributed by atoms with Crippen molar-refractivity contribution >= 4 is 5.69 Å². The van der Waals surface area contributed by atoms with Crippen molar-refractivity contribution in [2.45, 2.75) is 31.6 Å². The average molecular weight is 393 g/mol. The Bertz CT molecular complexity index is 1050. The first kappa shape index (κ1) is 19.2. The highest BCUT2D eigenvalue weighted by Gasteiger charge is 2.27. The fourth-order valence-corrected chi connectivity index (χ4v) is 3.94. The number of hydrogen-bond acceptors (Lipinski definition) is 6. The van der Waals surface area contributed by atoms with Crippen molar-refractivity contribution in [2.24, 2.45) is 0 Å². The Morgan fingerprint density at radius 2 is 1.72 bits per heavy atom. The molecule has 2 heterocycles. The maximum absolute atomic E-state index is 11.9. The second kappa shape index (κ2) is 8.06. The molecule has 1 atom stereocenters. The average Bonchev–Trinajstić information content (AvgIpc) is 3.18. The van der Waals surface area contributed by atoms with Gasteiger partial charge in [-0.1, -0.05) is 42.5 Å². The summed E-state index contributed by atoms with van der Waals surface area (Å²) in [5, 5.41) is 32.9. The molecule has 1 aromatic heterocycles. The Morgan fingerprint density at radius 1 is 1.03 bits per heavy atom. The van der Waals surface area contributed by atoms with Gasteiger partial charge in [0.1, 0.15) is 0 Å². The van der Waals surface area contributed by atoms with E-state index in [9.17, 15) is 20.1 Å². The maximum Gasteiger partial charge on any atom is 0.250 e. The van der Waals surface area contributed by atoms with Gasteiger partial charge in [0.15, 0.2) is 11.4 Å². The lowest BCUT2D eigenvalue weighted by Crippen LogP contribution is -2.32. The molecule has 3 aromatic rings. The predicted molar refractivity (Wildman–Crippen MR) is 109 cm³/mol. The molecule has 0 amide bonds. The molecule has 1 unspecified atom stereocenters. The van der Waals surface area contributed by atoms with Gasteiger partial charge in [0.2, 0.25) is 11.7 Å². The van der Waals surface area contributed by atoms with E-state index < -0.39 is 23.2 Å². The van der Waals surface area contributed by atoms with Crippen LogP contribution in [0.15, 0.2) is 65.6 Å². The number of aliphatic hydroxyl groups excluding tert-OH is 1. The molecule has 1 fully saturated rings. The van der Waals surface area contributed by atoms with Crippen molar-refractivity contribution in [3.8, 4) is 11.4 Å². The van der Waals surface area contributed by atoms with E-state index in [1.165, 1.54) is 16.4 Å². The zero-order chi connectivity index (χ0) is 20.4. The van der Waals surface area contributed by atoms with Crippen molar-refractivity contribution in [3.05, 3.63) is 82.3 Å². The van der Waals surface area contributed by atoms with E-state index in [4.69, 9.17) is 0 Å². The van der Waals surface area contributed by atoms with E-state index in [0.717, 1.165) is 31.5 Å². The fourth-order valence-electron chi connectivity index (χ4n) is 3.94. The second-order valence-corrected chi connectivity index (χ2v) is 7.21. The summed E-state index contributed by atoms with van der Waals surface area (Å²) < 4.78 is 1.33. The minimum Gasteiger partial charge on any atom is -0.503 e. The number of aromatic hydroxyl groups is 1. The van der Waals surface area contributed by atoms with Gasteiger partial charge in [-0.3, -0.25) is 4.79 Å². The molecule has 1 aliphatic rings. The Morgan fingerprint density at radius 3 is 2.45 bits per heavy atom. The molecule has 0 saturated carbocycles. The van der Waals surface area contributed by atoms with Gasteiger partial charge in [0.05, 0.1) is 17.6 Å². The summed E-state index contributed by atoms with van der Waals surface area (Å²) >= 11 is 0. The van der Waals surface area contributed by atoms with E-state index in [0.29, 0.717) is 11.7 Å². The summed E-state index contributed by atoms with van der Waals surface area (Å²) in [6, 6.07) is 18.2. The topological polar surface area (TPSA) is 98.8 Å². The second-order valence-electron chi connectivity index (χ2n) is 7.21. The van der Waals surface area contributed by atoms with Crippen molar-refractivity contribution in [1.29, 1.82) is 0 Å². The summed E-state index contributed by atoms with van der Waals surface area (Å²) in [7, 11) is 0. The largest absolute Gasteiger partial charge is 0.503 e. The lowest BCUT2D eigenvalue weighted by Gasteiger charge is -2.29. The molecule has 150 valence electrons. The minimum atomic E-state index is -2.06. The van der Waals surface area contributed by atoms with Crippen LogP contribution in [0, 0.1) is 0 Å². The number of aromatic nitrogens is 2. The normalized spacial score (nSPS) is 16.5. The van der Waals surface area contributed by atoms with Gasteiger partial charge in [-0.05, 0) is 37.0 Å². The molecule has 1 aliphatic heterocycles. The molecule has 0 bridgehead atoms. The summed E-state index contributed by atoms with van der Waals surface area (Å²) in [5.41, 5.74) is 1.44. The Labute approximate surface area is 168 Å². The number of para-hydroxylation sites is 2. The fraction of sp³-hybridized carbons (Fsp3) is 0.273. The standard InChI is InChI=1S/C22H23N3O4/c26-19-14-25(23-20(21(19)27)22(28)29)18-11-5-4-10-17(18)24-12-6-9-16(24)13-15-7-2-1-3-8-15/h1-5,7-8,10-11,14,16,22,26,28-29H,6,9,12-13H2. The number of rotatable bonds is 5. The number of nitrogens with zero attached hydrogens (tertiary/aromatic N) is 3. The SMILES string of the molecule is O=c1c(O)cn(-c2ccccc2N2CCCC2Cc2ccccc2)nc1C(O)O. The van der Waals surface area contributed by atoms with Crippen LogP contribution in [0.3, 0.4) is 0 Å². The Kier molecular flexibility index (Phi) is 5.33. The van der Waals surface area contributed by atoms with E-state index in [-0.39, 0.29) is 0 Å². The predicted octanol–water partition coefficient (Wildman–Crippen LogP) is 2.13. The molecule has 0 radical (unpaired) electrons. The van der Waals surface area contributed by atoms with E-state index >= 15 is 0 Å². The van der Waals surface area contributed by atoms with Crippen LogP contribution in [0.4, 0.5) is 5.69 Å². The van der Waals surface area contributed by atoms with Gasteiger partial charge in [-0.25, -0.2) is 4.68 Å². The Balaban J connectivity index is 1.73. The van der Waals surface area contributed by atoms with Crippen LogP contribution in [0.5, 0.6) is 5.75 Å². The molecule has 0 spiro atoms. The highest BCUT2D eigenvalue weighted by atomic mass is 16.5. The maximum atomic E-state index is 11.9.